The van der Waals surface area contributed by atoms with Crippen LogP contribution < -0.4 is 5.32 Å². The van der Waals surface area contributed by atoms with E-state index in [0.29, 0.717) is 23.2 Å². The van der Waals surface area contributed by atoms with Crippen molar-refractivity contribution in [3.8, 4) is 0 Å². The Morgan fingerprint density at radius 3 is 2.75 bits per heavy atom. The minimum Gasteiger partial charge on any atom is -0.462 e. The minimum atomic E-state index is -0.285. The molecule has 4 nitrogen and oxygen atoms in total. The zero-order chi connectivity index (χ0) is 14.4. The van der Waals surface area contributed by atoms with E-state index in [4.69, 9.17) is 16.3 Å². The Morgan fingerprint density at radius 2 is 2.15 bits per heavy atom. The van der Waals surface area contributed by atoms with Crippen molar-refractivity contribution in [2.75, 3.05) is 11.9 Å². The number of hydrogen-bond acceptors (Lipinski definition) is 5. The first kappa shape index (κ1) is 14.8. The maximum atomic E-state index is 11.6. The van der Waals surface area contributed by atoms with Crippen LogP contribution in [-0.2, 0) is 11.3 Å². The molecular formula is C14H15ClN2O2S. The average molecular weight is 311 g/mol. The number of aromatic nitrogens is 1. The van der Waals surface area contributed by atoms with Gasteiger partial charge in [-0.2, -0.15) is 0 Å². The Kier molecular flexibility index (Phi) is 5.38. The van der Waals surface area contributed by atoms with Crippen LogP contribution in [-0.4, -0.2) is 17.6 Å². The standard InChI is InChI=1S/C14H15ClN2O2S/c1-2-7-19-13(18)10-3-5-11(6-4-10)16-8-12-9-17-14(15)20-12/h3-6,9,16H,2,7-8H2,1H3. The number of benzene rings is 1. The van der Waals surface area contributed by atoms with Crippen molar-refractivity contribution in [3.05, 3.63) is 45.4 Å². The summed E-state index contributed by atoms with van der Waals surface area (Å²) < 4.78 is 5.61. The van der Waals surface area contributed by atoms with Crippen molar-refractivity contribution in [2.45, 2.75) is 19.9 Å². The van der Waals surface area contributed by atoms with Crippen LogP contribution in [0.1, 0.15) is 28.6 Å². The highest BCUT2D eigenvalue weighted by Gasteiger charge is 2.06. The van der Waals surface area contributed by atoms with Gasteiger partial charge in [-0.15, -0.1) is 11.3 Å². The first-order chi connectivity index (χ1) is 9.69. The van der Waals surface area contributed by atoms with Crippen LogP contribution in [0.2, 0.25) is 4.47 Å². The number of hydrogen-bond donors (Lipinski definition) is 1. The molecule has 6 heteroatoms. The van der Waals surface area contributed by atoms with Gasteiger partial charge in [0.1, 0.15) is 0 Å². The second-order valence-corrected chi connectivity index (χ2v) is 5.84. The molecule has 1 aromatic carbocycles. The quantitative estimate of drug-likeness (QED) is 0.820. The van der Waals surface area contributed by atoms with Crippen molar-refractivity contribution < 1.29 is 9.53 Å². The van der Waals surface area contributed by atoms with E-state index in [-0.39, 0.29) is 5.97 Å². The Labute approximate surface area is 126 Å². The van der Waals surface area contributed by atoms with Crippen molar-refractivity contribution in [3.63, 3.8) is 0 Å². The number of nitrogens with one attached hydrogen (secondary N) is 1. The monoisotopic (exact) mass is 310 g/mol. The first-order valence-corrected chi connectivity index (χ1v) is 7.49. The van der Waals surface area contributed by atoms with Crippen LogP contribution in [0, 0.1) is 0 Å². The molecule has 1 aromatic heterocycles. The van der Waals surface area contributed by atoms with E-state index in [1.807, 2.05) is 19.1 Å². The summed E-state index contributed by atoms with van der Waals surface area (Å²) in [5.74, 6) is -0.285. The maximum absolute atomic E-state index is 11.6. The molecule has 1 N–H and O–H groups in total. The number of esters is 1. The summed E-state index contributed by atoms with van der Waals surface area (Å²) in [6.07, 6.45) is 2.57. The number of carbonyl (C=O) groups excluding carboxylic acids is 1. The van der Waals surface area contributed by atoms with Crippen LogP contribution in [0.5, 0.6) is 0 Å². The van der Waals surface area contributed by atoms with Crippen molar-refractivity contribution >= 4 is 34.6 Å². The Balaban J connectivity index is 1.89. The number of carbonyl (C=O) groups is 1. The van der Waals surface area contributed by atoms with Gasteiger partial charge in [0.15, 0.2) is 4.47 Å². The highest BCUT2D eigenvalue weighted by molar-refractivity contribution is 7.15. The number of thiazole rings is 1. The highest BCUT2D eigenvalue weighted by atomic mass is 35.5. The molecule has 0 aliphatic heterocycles. The van der Waals surface area contributed by atoms with Crippen molar-refractivity contribution in [2.24, 2.45) is 0 Å². The fourth-order valence-electron chi connectivity index (χ4n) is 1.56. The Hall–Kier alpha value is -1.59. The molecule has 2 aromatic rings. The van der Waals surface area contributed by atoms with E-state index in [0.717, 1.165) is 17.0 Å². The van der Waals surface area contributed by atoms with Gasteiger partial charge in [0, 0.05) is 16.8 Å². The van der Waals surface area contributed by atoms with Gasteiger partial charge in [0.2, 0.25) is 0 Å². The van der Waals surface area contributed by atoms with E-state index >= 15 is 0 Å². The number of rotatable bonds is 6. The molecule has 1 heterocycles. The normalized spacial score (nSPS) is 10.3. The summed E-state index contributed by atoms with van der Waals surface area (Å²) in [5.41, 5.74) is 1.49. The van der Waals surface area contributed by atoms with Crippen molar-refractivity contribution in [1.29, 1.82) is 0 Å². The van der Waals surface area contributed by atoms with E-state index < -0.39 is 0 Å². The van der Waals surface area contributed by atoms with E-state index in [2.05, 4.69) is 10.3 Å². The largest absolute Gasteiger partial charge is 0.462 e. The molecule has 0 bridgehead atoms. The smallest absolute Gasteiger partial charge is 0.338 e. The second-order valence-electron chi connectivity index (χ2n) is 4.15. The van der Waals surface area contributed by atoms with Crippen LogP contribution in [0.15, 0.2) is 30.5 Å². The molecular weight excluding hydrogens is 296 g/mol. The maximum Gasteiger partial charge on any atom is 0.338 e. The average Bonchev–Trinajstić information content (AvgIpc) is 2.89. The zero-order valence-corrected chi connectivity index (χ0v) is 12.6. The molecule has 0 unspecified atom stereocenters. The van der Waals surface area contributed by atoms with Crippen LogP contribution in [0.4, 0.5) is 5.69 Å². The zero-order valence-electron chi connectivity index (χ0n) is 11.1. The molecule has 0 aliphatic rings. The molecule has 0 amide bonds. The second kappa shape index (κ2) is 7.26. The predicted molar refractivity (Wildman–Crippen MR) is 81.5 cm³/mol. The summed E-state index contributed by atoms with van der Waals surface area (Å²) in [7, 11) is 0. The van der Waals surface area contributed by atoms with E-state index in [1.165, 1.54) is 11.3 Å². The third-order valence-corrected chi connectivity index (χ3v) is 3.66. The molecule has 0 atom stereocenters. The molecule has 0 saturated carbocycles. The summed E-state index contributed by atoms with van der Waals surface area (Å²) in [6, 6.07) is 7.20. The van der Waals surface area contributed by atoms with Gasteiger partial charge in [-0.05, 0) is 30.7 Å². The molecule has 0 fully saturated rings. The van der Waals surface area contributed by atoms with Gasteiger partial charge in [0.25, 0.3) is 0 Å². The summed E-state index contributed by atoms with van der Waals surface area (Å²) in [4.78, 5) is 16.7. The van der Waals surface area contributed by atoms with E-state index in [1.54, 1.807) is 18.3 Å². The summed E-state index contributed by atoms with van der Waals surface area (Å²) in [6.45, 7) is 3.07. The van der Waals surface area contributed by atoms with Crippen LogP contribution >= 0.6 is 22.9 Å². The van der Waals surface area contributed by atoms with Crippen LogP contribution in [0.25, 0.3) is 0 Å². The number of halogens is 1. The van der Waals surface area contributed by atoms with Gasteiger partial charge >= 0.3 is 5.97 Å². The highest BCUT2D eigenvalue weighted by Crippen LogP contribution is 2.19. The number of ether oxygens (including phenoxy) is 1. The Morgan fingerprint density at radius 1 is 1.40 bits per heavy atom. The van der Waals surface area contributed by atoms with Crippen molar-refractivity contribution in [1.82, 2.24) is 4.98 Å². The molecule has 0 spiro atoms. The molecule has 20 heavy (non-hydrogen) atoms. The van der Waals surface area contributed by atoms with Gasteiger partial charge in [-0.1, -0.05) is 18.5 Å². The van der Waals surface area contributed by atoms with Gasteiger partial charge < -0.3 is 10.1 Å². The summed E-state index contributed by atoms with van der Waals surface area (Å²) in [5, 5.41) is 3.24. The Bertz CT molecular complexity index is 569. The van der Waals surface area contributed by atoms with Gasteiger partial charge in [-0.3, -0.25) is 0 Å². The molecule has 0 aliphatic carbocycles. The fraction of sp³-hybridized carbons (Fsp3) is 0.286. The van der Waals surface area contributed by atoms with E-state index in [9.17, 15) is 4.79 Å². The minimum absolute atomic E-state index is 0.285. The third-order valence-electron chi connectivity index (χ3n) is 2.55. The molecule has 106 valence electrons. The lowest BCUT2D eigenvalue weighted by atomic mass is 10.2. The first-order valence-electron chi connectivity index (χ1n) is 6.30. The molecule has 2 rings (SSSR count). The molecule has 0 saturated heterocycles. The van der Waals surface area contributed by atoms with Crippen LogP contribution in [0.3, 0.4) is 0 Å². The number of nitrogens with zero attached hydrogens (tertiary/aromatic N) is 1. The lowest BCUT2D eigenvalue weighted by Gasteiger charge is -2.06. The number of anilines is 1. The predicted octanol–water partition coefficient (Wildman–Crippen LogP) is 3.98. The van der Waals surface area contributed by atoms with Gasteiger partial charge in [-0.25, -0.2) is 9.78 Å². The van der Waals surface area contributed by atoms with Gasteiger partial charge in [0.05, 0.1) is 18.7 Å². The fourth-order valence-corrected chi connectivity index (χ4v) is 2.47. The third kappa shape index (κ3) is 4.21. The lowest BCUT2D eigenvalue weighted by molar-refractivity contribution is 0.0505. The lowest BCUT2D eigenvalue weighted by Crippen LogP contribution is -2.06. The SMILES string of the molecule is CCCOC(=O)c1ccc(NCc2cnc(Cl)s2)cc1. The topological polar surface area (TPSA) is 51.2 Å². The summed E-state index contributed by atoms with van der Waals surface area (Å²) >= 11 is 7.21. The molecule has 0 radical (unpaired) electrons.